The predicted molar refractivity (Wildman–Crippen MR) is 81.8 cm³/mol. The van der Waals surface area contributed by atoms with Crippen LogP contribution in [0.25, 0.3) is 0 Å². The molecule has 1 aromatic heterocycles. The SMILES string of the molecule is CC1CC(C)(C)CC(CO)(NCc2nnc(C(C)C)o2)C1. The van der Waals surface area contributed by atoms with Crippen LogP contribution in [0.15, 0.2) is 4.42 Å². The molecule has 1 aliphatic carbocycles. The van der Waals surface area contributed by atoms with Crippen LogP contribution >= 0.6 is 0 Å². The van der Waals surface area contributed by atoms with E-state index in [4.69, 9.17) is 4.42 Å². The topological polar surface area (TPSA) is 71.2 Å². The van der Waals surface area contributed by atoms with E-state index in [1.807, 2.05) is 13.8 Å². The van der Waals surface area contributed by atoms with E-state index in [0.717, 1.165) is 12.8 Å². The van der Waals surface area contributed by atoms with Gasteiger partial charge < -0.3 is 14.8 Å². The maximum absolute atomic E-state index is 9.93. The zero-order valence-corrected chi connectivity index (χ0v) is 13.9. The lowest BCUT2D eigenvalue weighted by molar-refractivity contribution is 0.0337. The van der Waals surface area contributed by atoms with Gasteiger partial charge in [-0.2, -0.15) is 0 Å². The van der Waals surface area contributed by atoms with Crippen LogP contribution in [0.2, 0.25) is 0 Å². The van der Waals surface area contributed by atoms with Crippen LogP contribution < -0.4 is 5.32 Å². The van der Waals surface area contributed by atoms with Crippen molar-refractivity contribution >= 4 is 0 Å². The van der Waals surface area contributed by atoms with Crippen molar-refractivity contribution in [3.63, 3.8) is 0 Å². The third kappa shape index (κ3) is 4.04. The molecule has 2 unspecified atom stereocenters. The monoisotopic (exact) mass is 295 g/mol. The van der Waals surface area contributed by atoms with Crippen LogP contribution in [0.1, 0.15) is 71.6 Å². The molecule has 5 heteroatoms. The van der Waals surface area contributed by atoms with Gasteiger partial charge in [0.1, 0.15) is 0 Å². The quantitative estimate of drug-likeness (QED) is 0.874. The molecule has 0 bridgehead atoms. The molecule has 2 rings (SSSR count). The summed E-state index contributed by atoms with van der Waals surface area (Å²) in [5.74, 6) is 2.11. The summed E-state index contributed by atoms with van der Waals surface area (Å²) in [4.78, 5) is 0. The first-order valence-electron chi connectivity index (χ1n) is 7.93. The van der Waals surface area contributed by atoms with Gasteiger partial charge in [-0.05, 0) is 30.6 Å². The number of aliphatic hydroxyl groups is 1. The first-order valence-corrected chi connectivity index (χ1v) is 7.93. The molecule has 0 aliphatic heterocycles. The fraction of sp³-hybridized carbons (Fsp3) is 0.875. The molecule has 0 spiro atoms. The molecule has 1 fully saturated rings. The first-order chi connectivity index (χ1) is 9.75. The van der Waals surface area contributed by atoms with Crippen molar-refractivity contribution < 1.29 is 9.52 Å². The third-order valence-electron chi connectivity index (χ3n) is 4.35. The lowest BCUT2D eigenvalue weighted by Crippen LogP contribution is -2.54. The van der Waals surface area contributed by atoms with E-state index in [1.165, 1.54) is 6.42 Å². The van der Waals surface area contributed by atoms with Crippen molar-refractivity contribution in [1.29, 1.82) is 0 Å². The fourth-order valence-electron chi connectivity index (χ4n) is 3.89. The molecule has 0 aromatic carbocycles. The number of nitrogens with one attached hydrogen (secondary N) is 1. The van der Waals surface area contributed by atoms with E-state index in [9.17, 15) is 5.11 Å². The largest absolute Gasteiger partial charge is 0.424 e. The number of rotatable bonds is 5. The highest BCUT2D eigenvalue weighted by molar-refractivity contribution is 4.99. The van der Waals surface area contributed by atoms with E-state index < -0.39 is 0 Å². The Morgan fingerprint density at radius 2 is 2.05 bits per heavy atom. The second-order valence-electron chi connectivity index (χ2n) is 7.84. The third-order valence-corrected chi connectivity index (χ3v) is 4.35. The molecule has 1 saturated carbocycles. The Hall–Kier alpha value is -0.940. The van der Waals surface area contributed by atoms with Crippen molar-refractivity contribution in [1.82, 2.24) is 15.5 Å². The van der Waals surface area contributed by atoms with Crippen molar-refractivity contribution in [2.45, 2.75) is 71.9 Å². The summed E-state index contributed by atoms with van der Waals surface area (Å²) in [6.45, 7) is 11.5. The number of hydrogen-bond donors (Lipinski definition) is 2. The lowest BCUT2D eigenvalue weighted by Gasteiger charge is -2.47. The molecule has 1 aliphatic rings. The smallest absolute Gasteiger partial charge is 0.230 e. The van der Waals surface area contributed by atoms with Gasteiger partial charge in [-0.1, -0.05) is 34.6 Å². The number of hydrogen-bond acceptors (Lipinski definition) is 5. The Balaban J connectivity index is 2.04. The average molecular weight is 295 g/mol. The summed E-state index contributed by atoms with van der Waals surface area (Å²) in [6, 6.07) is 0. The number of nitrogens with zero attached hydrogens (tertiary/aromatic N) is 2. The molecule has 21 heavy (non-hydrogen) atoms. The van der Waals surface area contributed by atoms with Crippen molar-refractivity contribution in [2.24, 2.45) is 11.3 Å². The number of aromatic nitrogens is 2. The summed E-state index contributed by atoms with van der Waals surface area (Å²) < 4.78 is 5.64. The van der Waals surface area contributed by atoms with E-state index in [-0.39, 0.29) is 23.5 Å². The van der Waals surface area contributed by atoms with Gasteiger partial charge in [0.25, 0.3) is 0 Å². The molecule has 5 nitrogen and oxygen atoms in total. The summed E-state index contributed by atoms with van der Waals surface area (Å²) in [6.07, 6.45) is 3.15. The van der Waals surface area contributed by atoms with E-state index in [1.54, 1.807) is 0 Å². The Bertz CT molecular complexity index is 470. The van der Waals surface area contributed by atoms with Crippen molar-refractivity contribution in [3.05, 3.63) is 11.8 Å². The molecular weight excluding hydrogens is 266 g/mol. The molecule has 1 aromatic rings. The van der Waals surface area contributed by atoms with Gasteiger partial charge >= 0.3 is 0 Å². The lowest BCUT2D eigenvalue weighted by atomic mass is 9.64. The second-order valence-corrected chi connectivity index (χ2v) is 7.84. The standard InChI is InChI=1S/C16H29N3O2/c1-11(2)14-19-18-13(21-14)8-17-16(10-20)7-12(3)6-15(4,5)9-16/h11-12,17,20H,6-10H2,1-5H3. The van der Waals surface area contributed by atoms with E-state index in [2.05, 4.69) is 36.3 Å². The highest BCUT2D eigenvalue weighted by Gasteiger charge is 2.42. The normalized spacial score (nSPS) is 29.0. The molecular formula is C16H29N3O2. The molecule has 1 heterocycles. The van der Waals surface area contributed by atoms with E-state index >= 15 is 0 Å². The summed E-state index contributed by atoms with van der Waals surface area (Å²) in [5, 5.41) is 21.6. The van der Waals surface area contributed by atoms with Gasteiger partial charge in [-0.25, -0.2) is 0 Å². The Morgan fingerprint density at radius 1 is 1.33 bits per heavy atom. The minimum absolute atomic E-state index is 0.145. The zero-order chi connectivity index (χ0) is 15.7. The van der Waals surface area contributed by atoms with Gasteiger partial charge in [0.2, 0.25) is 11.8 Å². The van der Waals surface area contributed by atoms with Crippen molar-refractivity contribution in [3.8, 4) is 0 Å². The van der Waals surface area contributed by atoms with Crippen molar-refractivity contribution in [2.75, 3.05) is 6.61 Å². The van der Waals surface area contributed by atoms with Gasteiger partial charge in [-0.3, -0.25) is 0 Å². The molecule has 2 N–H and O–H groups in total. The van der Waals surface area contributed by atoms with Gasteiger partial charge in [-0.15, -0.1) is 10.2 Å². The molecule has 120 valence electrons. The highest BCUT2D eigenvalue weighted by Crippen LogP contribution is 2.43. The highest BCUT2D eigenvalue weighted by atomic mass is 16.4. The Morgan fingerprint density at radius 3 is 2.57 bits per heavy atom. The zero-order valence-electron chi connectivity index (χ0n) is 13.9. The maximum atomic E-state index is 9.93. The summed E-state index contributed by atoms with van der Waals surface area (Å²) in [5.41, 5.74) is -0.00103. The molecule has 2 atom stereocenters. The average Bonchev–Trinajstić information content (AvgIpc) is 2.83. The van der Waals surface area contributed by atoms with Crippen LogP contribution in [-0.4, -0.2) is 27.4 Å². The number of aliphatic hydroxyl groups excluding tert-OH is 1. The van der Waals surface area contributed by atoms with E-state index in [0.29, 0.717) is 24.2 Å². The second kappa shape index (κ2) is 6.05. The van der Waals surface area contributed by atoms with Crippen LogP contribution in [0, 0.1) is 11.3 Å². The van der Waals surface area contributed by atoms with Crippen LogP contribution in [0.3, 0.4) is 0 Å². The molecule has 0 radical (unpaired) electrons. The minimum Gasteiger partial charge on any atom is -0.424 e. The van der Waals surface area contributed by atoms with Gasteiger partial charge in [0.15, 0.2) is 0 Å². The molecule has 0 saturated heterocycles. The maximum Gasteiger partial charge on any atom is 0.230 e. The van der Waals surface area contributed by atoms with Crippen LogP contribution in [0.5, 0.6) is 0 Å². The fourth-order valence-corrected chi connectivity index (χ4v) is 3.89. The predicted octanol–water partition coefficient (Wildman–Crippen LogP) is 2.86. The summed E-state index contributed by atoms with van der Waals surface area (Å²) >= 11 is 0. The first kappa shape index (κ1) is 16.4. The van der Waals surface area contributed by atoms with Crippen LogP contribution in [-0.2, 0) is 6.54 Å². The van der Waals surface area contributed by atoms with Gasteiger partial charge in [0.05, 0.1) is 13.2 Å². The van der Waals surface area contributed by atoms with Gasteiger partial charge in [0, 0.05) is 11.5 Å². The Kier molecular flexibility index (Phi) is 4.73. The Labute approximate surface area is 127 Å². The molecule has 0 amide bonds. The summed E-state index contributed by atoms with van der Waals surface area (Å²) in [7, 11) is 0. The minimum atomic E-state index is -0.242. The van der Waals surface area contributed by atoms with Crippen LogP contribution in [0.4, 0.5) is 0 Å².